The Morgan fingerprint density at radius 3 is 2.81 bits per heavy atom. The van der Waals surface area contributed by atoms with Gasteiger partial charge in [0.05, 0.1) is 17.6 Å². The smallest absolute Gasteiger partial charge is 0.335 e. The number of carboxylic acids is 1. The Morgan fingerprint density at radius 2 is 2.14 bits per heavy atom. The molecule has 0 radical (unpaired) electrons. The highest BCUT2D eigenvalue weighted by molar-refractivity contribution is 5.92. The Hall–Kier alpha value is -2.44. The molecule has 1 aromatic heterocycles. The molecule has 2 N–H and O–H groups in total. The van der Waals surface area contributed by atoms with Crippen LogP contribution in [0.4, 0.5) is 0 Å². The zero-order valence-corrected chi connectivity index (χ0v) is 12.0. The van der Waals surface area contributed by atoms with E-state index in [2.05, 4.69) is 15.6 Å². The van der Waals surface area contributed by atoms with Crippen molar-refractivity contribution in [3.8, 4) is 0 Å². The number of hydrogen-bond donors (Lipinski definition) is 2. The summed E-state index contributed by atoms with van der Waals surface area (Å²) < 4.78 is 1.55. The summed E-state index contributed by atoms with van der Waals surface area (Å²) in [5.74, 6) is -0.652. The average molecular weight is 290 g/mol. The maximum Gasteiger partial charge on any atom is 0.335 e. The summed E-state index contributed by atoms with van der Waals surface area (Å²) in [6.07, 6.45) is 0.280. The van der Waals surface area contributed by atoms with Crippen LogP contribution in [0.5, 0.6) is 0 Å². The Balaban J connectivity index is 2.06. The highest BCUT2D eigenvalue weighted by atomic mass is 16.4. The molecular formula is C14H18N4O3. The van der Waals surface area contributed by atoms with Crippen LogP contribution >= 0.6 is 0 Å². The number of carbonyl (C=O) groups excluding carboxylic acids is 1. The largest absolute Gasteiger partial charge is 0.478 e. The quantitative estimate of drug-likeness (QED) is 0.835. The summed E-state index contributed by atoms with van der Waals surface area (Å²) in [5.41, 5.74) is 1.41. The van der Waals surface area contributed by atoms with Crippen molar-refractivity contribution in [1.29, 1.82) is 0 Å². The topological polar surface area (TPSA) is 97.1 Å². The Kier molecular flexibility index (Phi) is 4.52. The second-order valence-corrected chi connectivity index (χ2v) is 5.27. The van der Waals surface area contributed by atoms with Crippen LogP contribution < -0.4 is 5.32 Å². The number of nitrogens with one attached hydrogen (secondary N) is 1. The van der Waals surface area contributed by atoms with E-state index < -0.39 is 5.97 Å². The lowest BCUT2D eigenvalue weighted by atomic mass is 10.2. The van der Waals surface area contributed by atoms with Gasteiger partial charge in [-0.05, 0) is 24.1 Å². The molecule has 0 spiro atoms. The fourth-order valence-electron chi connectivity index (χ4n) is 1.88. The van der Waals surface area contributed by atoms with Gasteiger partial charge in [-0.15, -0.1) is 5.10 Å². The number of aromatic carboxylic acids is 1. The number of hydrogen-bond acceptors (Lipinski definition) is 4. The van der Waals surface area contributed by atoms with Crippen molar-refractivity contribution in [2.45, 2.75) is 26.8 Å². The first-order valence-electron chi connectivity index (χ1n) is 6.80. The van der Waals surface area contributed by atoms with E-state index in [9.17, 15) is 9.59 Å². The monoisotopic (exact) mass is 290 g/mol. The zero-order chi connectivity index (χ0) is 15.4. The van der Waals surface area contributed by atoms with Crippen molar-refractivity contribution < 1.29 is 14.7 Å². The number of amides is 1. The third-order valence-electron chi connectivity index (χ3n) is 3.02. The predicted molar refractivity (Wildman–Crippen MR) is 77.0 cm³/mol. The molecule has 0 aliphatic heterocycles. The van der Waals surface area contributed by atoms with Crippen LogP contribution in [0.15, 0.2) is 18.2 Å². The summed E-state index contributed by atoms with van der Waals surface area (Å²) >= 11 is 0. The average Bonchev–Trinajstić information content (AvgIpc) is 2.85. The number of carboxylic acid groups (broad SMARTS) is 1. The van der Waals surface area contributed by atoms with Gasteiger partial charge in [-0.25, -0.2) is 9.48 Å². The lowest BCUT2D eigenvalue weighted by molar-refractivity contribution is -0.121. The molecule has 0 aliphatic carbocycles. The van der Waals surface area contributed by atoms with Gasteiger partial charge in [-0.2, -0.15) is 0 Å². The second kappa shape index (κ2) is 6.34. The molecule has 1 aromatic carbocycles. The Bertz CT molecular complexity index is 663. The molecule has 1 amide bonds. The van der Waals surface area contributed by atoms with Gasteiger partial charge in [-0.1, -0.05) is 19.1 Å². The van der Waals surface area contributed by atoms with Crippen LogP contribution in [0, 0.1) is 5.92 Å². The molecule has 0 bridgehead atoms. The molecule has 2 aromatic rings. The third-order valence-corrected chi connectivity index (χ3v) is 3.02. The Labute approximate surface area is 121 Å². The lowest BCUT2D eigenvalue weighted by Gasteiger charge is -2.07. The second-order valence-electron chi connectivity index (χ2n) is 5.27. The van der Waals surface area contributed by atoms with Crippen LogP contribution in [-0.4, -0.2) is 38.5 Å². The minimum Gasteiger partial charge on any atom is -0.478 e. The molecule has 0 unspecified atom stereocenters. The molecule has 0 saturated heterocycles. The highest BCUT2D eigenvalue weighted by Gasteiger charge is 2.10. The van der Waals surface area contributed by atoms with Gasteiger partial charge in [0, 0.05) is 13.0 Å². The molecule has 112 valence electrons. The van der Waals surface area contributed by atoms with Gasteiger partial charge in [0.25, 0.3) is 0 Å². The molecule has 21 heavy (non-hydrogen) atoms. The summed E-state index contributed by atoms with van der Waals surface area (Å²) in [6, 6.07) is 4.61. The summed E-state index contributed by atoms with van der Waals surface area (Å²) in [6.45, 7) is 5.06. The molecule has 1 heterocycles. The van der Waals surface area contributed by atoms with Crippen molar-refractivity contribution in [3.05, 3.63) is 23.8 Å². The van der Waals surface area contributed by atoms with Gasteiger partial charge in [0.1, 0.15) is 5.52 Å². The highest BCUT2D eigenvalue weighted by Crippen LogP contribution is 2.14. The van der Waals surface area contributed by atoms with Gasteiger partial charge in [0.15, 0.2) is 0 Å². The first-order chi connectivity index (χ1) is 9.97. The van der Waals surface area contributed by atoms with Crippen molar-refractivity contribution in [2.24, 2.45) is 5.92 Å². The summed E-state index contributed by atoms with van der Waals surface area (Å²) in [7, 11) is 0. The first-order valence-corrected chi connectivity index (χ1v) is 6.80. The number of carbonyl (C=O) groups is 2. The fraction of sp³-hybridized carbons (Fsp3) is 0.429. The van der Waals surface area contributed by atoms with Crippen LogP contribution in [-0.2, 0) is 11.3 Å². The maximum atomic E-state index is 11.7. The van der Waals surface area contributed by atoms with Gasteiger partial charge in [0.2, 0.25) is 5.91 Å². The lowest BCUT2D eigenvalue weighted by Crippen LogP contribution is -2.28. The van der Waals surface area contributed by atoms with Gasteiger partial charge >= 0.3 is 5.97 Å². The molecule has 2 rings (SSSR count). The van der Waals surface area contributed by atoms with E-state index in [1.807, 2.05) is 13.8 Å². The summed E-state index contributed by atoms with van der Waals surface area (Å²) in [5, 5.41) is 19.7. The van der Waals surface area contributed by atoms with E-state index in [-0.39, 0.29) is 17.9 Å². The maximum absolute atomic E-state index is 11.7. The summed E-state index contributed by atoms with van der Waals surface area (Å²) in [4.78, 5) is 22.7. The fourth-order valence-corrected chi connectivity index (χ4v) is 1.88. The molecule has 7 heteroatoms. The van der Waals surface area contributed by atoms with E-state index in [0.717, 1.165) is 0 Å². The minimum absolute atomic E-state index is 0.0539. The molecule has 0 aliphatic rings. The standard InChI is InChI=1S/C14H18N4O3/c1-9(2)8-15-13(19)5-6-18-12-7-10(14(20)21)3-4-11(12)16-17-18/h3-4,7,9H,5-6,8H2,1-2H3,(H,15,19)(H,20,21). The van der Waals surface area contributed by atoms with E-state index >= 15 is 0 Å². The number of nitrogens with zero attached hydrogens (tertiary/aromatic N) is 3. The molecular weight excluding hydrogens is 272 g/mol. The first kappa shape index (κ1) is 15.0. The van der Waals surface area contributed by atoms with E-state index in [1.165, 1.54) is 12.1 Å². The number of benzene rings is 1. The molecule has 0 atom stereocenters. The van der Waals surface area contributed by atoms with Crippen molar-refractivity contribution in [1.82, 2.24) is 20.3 Å². The molecule has 0 saturated carbocycles. The number of rotatable bonds is 6. The van der Waals surface area contributed by atoms with Crippen molar-refractivity contribution >= 4 is 22.9 Å². The molecule has 7 nitrogen and oxygen atoms in total. The minimum atomic E-state index is -1.00. The van der Waals surface area contributed by atoms with Crippen LogP contribution in [0.1, 0.15) is 30.6 Å². The van der Waals surface area contributed by atoms with Gasteiger partial charge in [-0.3, -0.25) is 4.79 Å². The van der Waals surface area contributed by atoms with E-state index in [4.69, 9.17) is 5.11 Å². The normalized spacial score (nSPS) is 11.0. The van der Waals surface area contributed by atoms with E-state index in [1.54, 1.807) is 10.7 Å². The van der Waals surface area contributed by atoms with E-state index in [0.29, 0.717) is 30.0 Å². The van der Waals surface area contributed by atoms with Crippen molar-refractivity contribution in [2.75, 3.05) is 6.54 Å². The van der Waals surface area contributed by atoms with Crippen molar-refractivity contribution in [3.63, 3.8) is 0 Å². The number of aromatic nitrogens is 3. The molecule has 0 fully saturated rings. The van der Waals surface area contributed by atoms with Gasteiger partial charge < -0.3 is 10.4 Å². The SMILES string of the molecule is CC(C)CNC(=O)CCn1nnc2ccc(C(=O)O)cc21. The number of aryl methyl sites for hydroxylation is 1. The predicted octanol–water partition coefficient (Wildman–Crippen LogP) is 1.29. The Morgan fingerprint density at radius 1 is 1.38 bits per heavy atom. The van der Waals surface area contributed by atoms with Crippen LogP contribution in [0.25, 0.3) is 11.0 Å². The number of fused-ring (bicyclic) bond motifs is 1. The zero-order valence-electron chi connectivity index (χ0n) is 12.0. The third kappa shape index (κ3) is 3.77. The van der Waals surface area contributed by atoms with Crippen LogP contribution in [0.2, 0.25) is 0 Å². The van der Waals surface area contributed by atoms with Crippen LogP contribution in [0.3, 0.4) is 0 Å².